The van der Waals surface area contributed by atoms with Gasteiger partial charge in [0, 0.05) is 37.4 Å². The predicted molar refractivity (Wildman–Crippen MR) is 107 cm³/mol. The van der Waals surface area contributed by atoms with Crippen LogP contribution in [0.2, 0.25) is 0 Å². The number of ketones is 1. The molecule has 9 heteroatoms. The van der Waals surface area contributed by atoms with Crippen molar-refractivity contribution in [2.75, 3.05) is 38.0 Å². The van der Waals surface area contributed by atoms with E-state index in [1.165, 1.54) is 23.4 Å². The third-order valence-corrected chi connectivity index (χ3v) is 6.64. The monoisotopic (exact) mass is 419 g/mol. The van der Waals surface area contributed by atoms with Crippen LogP contribution in [-0.2, 0) is 14.8 Å². The van der Waals surface area contributed by atoms with Crippen LogP contribution in [-0.4, -0.2) is 62.0 Å². The van der Waals surface area contributed by atoms with E-state index >= 15 is 0 Å². The number of benzene rings is 2. The maximum absolute atomic E-state index is 13.0. The smallest absolute Gasteiger partial charge is 0.243 e. The summed E-state index contributed by atoms with van der Waals surface area (Å²) in [4.78, 5) is 25.5. The fraction of sp³-hybridized carbons (Fsp3) is 0.300. The van der Waals surface area contributed by atoms with Gasteiger partial charge >= 0.3 is 0 Å². The Balaban J connectivity index is 1.52. The van der Waals surface area contributed by atoms with Crippen molar-refractivity contribution in [1.82, 2.24) is 9.21 Å². The maximum atomic E-state index is 13.0. The number of nitrogens with one attached hydrogen (secondary N) is 1. The lowest BCUT2D eigenvalue weighted by Crippen LogP contribution is -2.50. The van der Waals surface area contributed by atoms with E-state index in [1.54, 1.807) is 24.3 Å². The Morgan fingerprint density at radius 3 is 2.10 bits per heavy atom. The number of piperazine rings is 1. The molecule has 1 heterocycles. The van der Waals surface area contributed by atoms with Crippen LogP contribution in [0.4, 0.5) is 10.1 Å². The molecule has 7 nitrogen and oxygen atoms in total. The van der Waals surface area contributed by atoms with Crippen molar-refractivity contribution < 1.29 is 22.4 Å². The summed E-state index contributed by atoms with van der Waals surface area (Å²) >= 11 is 0. The molecule has 0 aliphatic carbocycles. The highest BCUT2D eigenvalue weighted by Gasteiger charge is 2.29. The van der Waals surface area contributed by atoms with E-state index in [-0.39, 0.29) is 36.2 Å². The fourth-order valence-electron chi connectivity index (χ4n) is 3.08. The Kier molecular flexibility index (Phi) is 6.41. The highest BCUT2D eigenvalue weighted by Crippen LogP contribution is 2.18. The third-order valence-electron chi connectivity index (χ3n) is 4.73. The van der Waals surface area contributed by atoms with E-state index < -0.39 is 15.8 Å². The lowest BCUT2D eigenvalue weighted by atomic mass is 10.1. The van der Waals surface area contributed by atoms with Crippen molar-refractivity contribution in [3.8, 4) is 0 Å². The van der Waals surface area contributed by atoms with Gasteiger partial charge in [0.05, 0.1) is 11.4 Å². The van der Waals surface area contributed by atoms with E-state index in [4.69, 9.17) is 0 Å². The zero-order chi connectivity index (χ0) is 21.0. The largest absolute Gasteiger partial charge is 0.325 e. The number of rotatable bonds is 6. The fourth-order valence-corrected chi connectivity index (χ4v) is 4.50. The van der Waals surface area contributed by atoms with Gasteiger partial charge in [0.15, 0.2) is 5.78 Å². The van der Waals surface area contributed by atoms with Gasteiger partial charge in [-0.25, -0.2) is 12.8 Å². The number of carbonyl (C=O) groups is 2. The highest BCUT2D eigenvalue weighted by atomic mass is 32.2. The standard InChI is InChI=1S/C20H22FN3O4S/c1-15(25)16-2-6-18(7-3-16)22-20(26)14-23-10-12-24(13-11-23)29(27,28)19-8-4-17(21)5-9-19/h2-9H,10-14H2,1H3,(H,22,26). The lowest BCUT2D eigenvalue weighted by molar-refractivity contribution is -0.117. The molecule has 0 bridgehead atoms. The molecule has 29 heavy (non-hydrogen) atoms. The SMILES string of the molecule is CC(=O)c1ccc(NC(=O)CN2CCN(S(=O)(=O)c3ccc(F)cc3)CC2)cc1. The summed E-state index contributed by atoms with van der Waals surface area (Å²) in [7, 11) is -3.68. The van der Waals surface area contributed by atoms with Crippen molar-refractivity contribution in [2.45, 2.75) is 11.8 Å². The first-order valence-corrected chi connectivity index (χ1v) is 10.6. The van der Waals surface area contributed by atoms with Gasteiger partial charge in [0.25, 0.3) is 0 Å². The number of amides is 1. The number of hydrogen-bond donors (Lipinski definition) is 1. The van der Waals surface area contributed by atoms with Crippen LogP contribution in [0.5, 0.6) is 0 Å². The number of Topliss-reactive ketones (excluding diaryl/α,β-unsaturated/α-hetero) is 1. The molecule has 1 amide bonds. The third kappa shape index (κ3) is 5.26. The van der Waals surface area contributed by atoms with Gasteiger partial charge in [-0.2, -0.15) is 4.31 Å². The van der Waals surface area contributed by atoms with Gasteiger partial charge in [-0.1, -0.05) is 0 Å². The summed E-state index contributed by atoms with van der Waals surface area (Å²) in [6.07, 6.45) is 0. The minimum Gasteiger partial charge on any atom is -0.325 e. The molecule has 3 rings (SSSR count). The predicted octanol–water partition coefficient (Wildman–Crippen LogP) is 1.97. The number of anilines is 1. The van der Waals surface area contributed by atoms with Crippen LogP contribution in [0.1, 0.15) is 17.3 Å². The van der Waals surface area contributed by atoms with Gasteiger partial charge in [0.2, 0.25) is 15.9 Å². The second-order valence-electron chi connectivity index (χ2n) is 6.82. The summed E-state index contributed by atoms with van der Waals surface area (Å²) in [5.41, 5.74) is 1.17. The molecular weight excluding hydrogens is 397 g/mol. The molecule has 1 N–H and O–H groups in total. The Bertz CT molecular complexity index is 983. The van der Waals surface area contributed by atoms with E-state index in [1.807, 2.05) is 4.90 Å². The Morgan fingerprint density at radius 1 is 0.966 bits per heavy atom. The first-order valence-electron chi connectivity index (χ1n) is 9.14. The molecule has 0 radical (unpaired) electrons. The van der Waals surface area contributed by atoms with Gasteiger partial charge in [-0.3, -0.25) is 14.5 Å². The molecule has 154 valence electrons. The van der Waals surface area contributed by atoms with Crippen molar-refractivity contribution >= 4 is 27.4 Å². The zero-order valence-corrected chi connectivity index (χ0v) is 16.8. The second kappa shape index (κ2) is 8.81. The molecule has 0 atom stereocenters. The van der Waals surface area contributed by atoms with Crippen LogP contribution in [0, 0.1) is 5.82 Å². The molecule has 1 aliphatic rings. The maximum Gasteiger partial charge on any atom is 0.243 e. The molecule has 0 saturated carbocycles. The van der Waals surface area contributed by atoms with E-state index in [2.05, 4.69) is 5.32 Å². The van der Waals surface area contributed by atoms with Crippen LogP contribution in [0.25, 0.3) is 0 Å². The van der Waals surface area contributed by atoms with Crippen LogP contribution >= 0.6 is 0 Å². The molecule has 1 fully saturated rings. The molecule has 0 aromatic heterocycles. The van der Waals surface area contributed by atoms with Gasteiger partial charge in [-0.05, 0) is 55.5 Å². The minimum absolute atomic E-state index is 0.0451. The van der Waals surface area contributed by atoms with Crippen LogP contribution in [0.3, 0.4) is 0 Å². The van der Waals surface area contributed by atoms with Crippen molar-refractivity contribution in [3.05, 3.63) is 59.9 Å². The number of sulfonamides is 1. The van der Waals surface area contributed by atoms with E-state index in [0.29, 0.717) is 24.3 Å². The normalized spacial score (nSPS) is 15.8. The van der Waals surface area contributed by atoms with Crippen molar-refractivity contribution in [1.29, 1.82) is 0 Å². The van der Waals surface area contributed by atoms with Crippen molar-refractivity contribution in [2.24, 2.45) is 0 Å². The average molecular weight is 419 g/mol. The zero-order valence-electron chi connectivity index (χ0n) is 16.0. The molecule has 0 spiro atoms. The van der Waals surface area contributed by atoms with Crippen LogP contribution in [0.15, 0.2) is 53.4 Å². The molecule has 2 aromatic carbocycles. The molecule has 1 aliphatic heterocycles. The van der Waals surface area contributed by atoms with Gasteiger partial charge in [0.1, 0.15) is 5.82 Å². The number of nitrogens with zero attached hydrogens (tertiary/aromatic N) is 2. The summed E-state index contributed by atoms with van der Waals surface area (Å²) in [5.74, 6) is -0.748. The quantitative estimate of drug-likeness (QED) is 0.724. The number of halogens is 1. The Hall–Kier alpha value is -2.62. The van der Waals surface area contributed by atoms with Crippen LogP contribution < -0.4 is 5.32 Å². The van der Waals surface area contributed by atoms with Gasteiger partial charge in [-0.15, -0.1) is 0 Å². The summed E-state index contributed by atoms with van der Waals surface area (Å²) in [6.45, 7) is 2.94. The Morgan fingerprint density at radius 2 is 1.55 bits per heavy atom. The first kappa shape index (κ1) is 21.1. The second-order valence-corrected chi connectivity index (χ2v) is 8.75. The summed E-state index contributed by atoms with van der Waals surface area (Å²) in [5, 5.41) is 2.77. The van der Waals surface area contributed by atoms with E-state index in [0.717, 1.165) is 12.1 Å². The molecular formula is C20H22FN3O4S. The average Bonchev–Trinajstić information content (AvgIpc) is 2.69. The first-order chi connectivity index (χ1) is 13.8. The topological polar surface area (TPSA) is 86.8 Å². The van der Waals surface area contributed by atoms with E-state index in [9.17, 15) is 22.4 Å². The summed E-state index contributed by atoms with van der Waals surface area (Å²) < 4.78 is 39.6. The highest BCUT2D eigenvalue weighted by molar-refractivity contribution is 7.89. The molecule has 2 aromatic rings. The molecule has 0 unspecified atom stereocenters. The lowest BCUT2D eigenvalue weighted by Gasteiger charge is -2.33. The number of hydrogen-bond acceptors (Lipinski definition) is 5. The Labute approximate surface area is 169 Å². The number of carbonyl (C=O) groups excluding carboxylic acids is 2. The minimum atomic E-state index is -3.68. The summed E-state index contributed by atoms with van der Waals surface area (Å²) in [6, 6.07) is 11.4. The molecule has 1 saturated heterocycles. The van der Waals surface area contributed by atoms with Gasteiger partial charge < -0.3 is 5.32 Å². The van der Waals surface area contributed by atoms with Crippen molar-refractivity contribution in [3.63, 3.8) is 0 Å².